The first-order valence-corrected chi connectivity index (χ1v) is 10.2. The number of aliphatic imine (C=N–C) groups is 1. The highest BCUT2D eigenvalue weighted by Crippen LogP contribution is 2.19. The molecule has 0 bridgehead atoms. The lowest BCUT2D eigenvalue weighted by atomic mass is 10.1. The number of aliphatic hydroxyl groups is 1. The molecular formula is C16H26F2IN3O4S. The van der Waals surface area contributed by atoms with Crippen LogP contribution in [0.25, 0.3) is 0 Å². The van der Waals surface area contributed by atoms with E-state index in [1.54, 1.807) is 0 Å². The number of nitrogens with one attached hydrogen (secondary N) is 2. The summed E-state index contributed by atoms with van der Waals surface area (Å²) in [7, 11) is -3.00. The SMILES string of the molecule is CCNC(=NCC(O)c1ccc(OC(F)F)cc1)NCCCS(C)(=O)=O.I. The van der Waals surface area contributed by atoms with E-state index in [0.717, 1.165) is 0 Å². The van der Waals surface area contributed by atoms with Gasteiger partial charge in [0.25, 0.3) is 0 Å². The Morgan fingerprint density at radius 1 is 1.26 bits per heavy atom. The van der Waals surface area contributed by atoms with E-state index >= 15 is 0 Å². The third-order valence-corrected chi connectivity index (χ3v) is 4.27. The van der Waals surface area contributed by atoms with Crippen LogP contribution in [-0.4, -0.2) is 57.7 Å². The maximum Gasteiger partial charge on any atom is 0.387 e. The van der Waals surface area contributed by atoms with Crippen LogP contribution in [0.15, 0.2) is 29.3 Å². The summed E-state index contributed by atoms with van der Waals surface area (Å²) in [4.78, 5) is 4.24. The predicted molar refractivity (Wildman–Crippen MR) is 112 cm³/mol. The van der Waals surface area contributed by atoms with Crippen molar-refractivity contribution in [3.05, 3.63) is 29.8 Å². The number of hydrogen-bond donors (Lipinski definition) is 3. The lowest BCUT2D eigenvalue weighted by Gasteiger charge is -2.13. The number of nitrogens with zero attached hydrogens (tertiary/aromatic N) is 1. The van der Waals surface area contributed by atoms with Crippen LogP contribution in [0, 0.1) is 0 Å². The highest BCUT2D eigenvalue weighted by Gasteiger charge is 2.10. The molecule has 1 aromatic rings. The van der Waals surface area contributed by atoms with Crippen molar-refractivity contribution in [2.45, 2.75) is 26.1 Å². The molecule has 0 saturated carbocycles. The van der Waals surface area contributed by atoms with Crippen LogP contribution in [0.1, 0.15) is 25.0 Å². The predicted octanol–water partition coefficient (Wildman–Crippen LogP) is 1.93. The van der Waals surface area contributed by atoms with E-state index in [2.05, 4.69) is 20.4 Å². The van der Waals surface area contributed by atoms with Gasteiger partial charge in [0, 0.05) is 19.3 Å². The fraction of sp³-hybridized carbons (Fsp3) is 0.562. The van der Waals surface area contributed by atoms with Crippen LogP contribution < -0.4 is 15.4 Å². The average Bonchev–Trinajstić information content (AvgIpc) is 2.55. The van der Waals surface area contributed by atoms with Crippen molar-refractivity contribution in [2.75, 3.05) is 31.6 Å². The fourth-order valence-electron chi connectivity index (χ4n) is 2.04. The summed E-state index contributed by atoms with van der Waals surface area (Å²) in [5.41, 5.74) is 0.517. The number of hydrogen-bond acceptors (Lipinski definition) is 5. The van der Waals surface area contributed by atoms with E-state index in [9.17, 15) is 22.3 Å². The van der Waals surface area contributed by atoms with Gasteiger partial charge in [0.05, 0.1) is 18.4 Å². The van der Waals surface area contributed by atoms with Crippen molar-refractivity contribution in [2.24, 2.45) is 4.99 Å². The van der Waals surface area contributed by atoms with Gasteiger partial charge in [-0.25, -0.2) is 8.42 Å². The van der Waals surface area contributed by atoms with Gasteiger partial charge in [0.2, 0.25) is 0 Å². The van der Waals surface area contributed by atoms with Crippen LogP contribution in [0.5, 0.6) is 5.75 Å². The molecule has 0 spiro atoms. The Morgan fingerprint density at radius 3 is 2.41 bits per heavy atom. The van der Waals surface area contributed by atoms with Gasteiger partial charge in [-0.05, 0) is 31.0 Å². The molecule has 0 aliphatic heterocycles. The topological polar surface area (TPSA) is 100 Å². The quantitative estimate of drug-likeness (QED) is 0.188. The van der Waals surface area contributed by atoms with Crippen molar-refractivity contribution < 1.29 is 27.0 Å². The van der Waals surface area contributed by atoms with Crippen molar-refractivity contribution in [3.63, 3.8) is 0 Å². The summed E-state index contributed by atoms with van der Waals surface area (Å²) in [5, 5.41) is 16.1. The van der Waals surface area contributed by atoms with Crippen molar-refractivity contribution in [3.8, 4) is 5.75 Å². The van der Waals surface area contributed by atoms with Crippen LogP contribution in [-0.2, 0) is 9.84 Å². The van der Waals surface area contributed by atoms with Crippen molar-refractivity contribution in [1.29, 1.82) is 0 Å². The minimum atomic E-state index is -3.00. The number of alkyl halides is 2. The molecule has 0 amide bonds. The Bertz CT molecular complexity index is 673. The Hall–Kier alpha value is -1.21. The van der Waals surface area contributed by atoms with Gasteiger partial charge in [0.1, 0.15) is 15.6 Å². The number of benzene rings is 1. The van der Waals surface area contributed by atoms with Crippen LogP contribution in [0.2, 0.25) is 0 Å². The molecule has 0 aliphatic rings. The fourth-order valence-corrected chi connectivity index (χ4v) is 2.71. The lowest BCUT2D eigenvalue weighted by Crippen LogP contribution is -2.38. The average molecular weight is 521 g/mol. The molecule has 0 fully saturated rings. The summed E-state index contributed by atoms with van der Waals surface area (Å²) in [6.45, 7) is 0.0665. The summed E-state index contributed by atoms with van der Waals surface area (Å²) in [6, 6.07) is 5.68. The smallest absolute Gasteiger partial charge is 0.387 e. The van der Waals surface area contributed by atoms with Gasteiger partial charge in [-0.2, -0.15) is 8.78 Å². The zero-order valence-corrected chi connectivity index (χ0v) is 18.3. The standard InChI is InChI=1S/C16H25F2N3O4S.HI/c1-3-19-16(20-9-4-10-26(2,23)24)21-11-14(22)12-5-7-13(8-6-12)25-15(17)18;/h5-8,14-15,22H,3-4,9-11H2,1-2H3,(H2,19,20,21);1H. The normalized spacial score (nSPS) is 13.0. The number of aliphatic hydroxyl groups excluding tert-OH is 1. The Kier molecular flexibility index (Phi) is 12.5. The zero-order valence-electron chi connectivity index (χ0n) is 15.2. The van der Waals surface area contributed by atoms with E-state index in [1.807, 2.05) is 6.92 Å². The summed E-state index contributed by atoms with van der Waals surface area (Å²) in [6.07, 6.45) is 0.708. The monoisotopic (exact) mass is 521 g/mol. The third kappa shape index (κ3) is 12.0. The van der Waals surface area contributed by atoms with Gasteiger partial charge < -0.3 is 20.5 Å². The molecular weight excluding hydrogens is 495 g/mol. The Labute approximate surface area is 175 Å². The number of halogens is 3. The molecule has 0 aliphatic carbocycles. The molecule has 0 saturated heterocycles. The molecule has 11 heteroatoms. The lowest BCUT2D eigenvalue weighted by molar-refractivity contribution is -0.0498. The van der Waals surface area contributed by atoms with Crippen molar-refractivity contribution >= 4 is 39.8 Å². The van der Waals surface area contributed by atoms with E-state index in [1.165, 1.54) is 30.5 Å². The largest absolute Gasteiger partial charge is 0.435 e. The van der Waals surface area contributed by atoms with Crippen LogP contribution in [0.3, 0.4) is 0 Å². The maximum atomic E-state index is 12.1. The minimum Gasteiger partial charge on any atom is -0.435 e. The molecule has 0 radical (unpaired) electrons. The highest BCUT2D eigenvalue weighted by atomic mass is 127. The van der Waals surface area contributed by atoms with E-state index in [4.69, 9.17) is 0 Å². The molecule has 1 rings (SSSR count). The second-order valence-electron chi connectivity index (χ2n) is 5.59. The molecule has 156 valence electrons. The second kappa shape index (κ2) is 13.0. The highest BCUT2D eigenvalue weighted by molar-refractivity contribution is 14.0. The molecule has 0 aromatic heterocycles. The number of rotatable bonds is 10. The number of sulfone groups is 1. The first kappa shape index (κ1) is 25.8. The molecule has 7 nitrogen and oxygen atoms in total. The van der Waals surface area contributed by atoms with E-state index in [0.29, 0.717) is 31.0 Å². The maximum absolute atomic E-state index is 12.1. The van der Waals surface area contributed by atoms with Gasteiger partial charge in [-0.3, -0.25) is 4.99 Å². The first-order chi connectivity index (χ1) is 12.2. The summed E-state index contributed by atoms with van der Waals surface area (Å²) in [5.74, 6) is 0.549. The molecule has 1 atom stereocenters. The van der Waals surface area contributed by atoms with E-state index in [-0.39, 0.29) is 42.0 Å². The summed E-state index contributed by atoms with van der Waals surface area (Å²) < 4.78 is 50.7. The third-order valence-electron chi connectivity index (χ3n) is 3.24. The zero-order chi connectivity index (χ0) is 19.6. The molecule has 3 N–H and O–H groups in total. The van der Waals surface area contributed by atoms with Gasteiger partial charge >= 0.3 is 6.61 Å². The molecule has 1 unspecified atom stereocenters. The van der Waals surface area contributed by atoms with Crippen LogP contribution in [0.4, 0.5) is 8.78 Å². The number of guanidine groups is 1. The molecule has 1 aromatic carbocycles. The van der Waals surface area contributed by atoms with Gasteiger partial charge in [-0.1, -0.05) is 12.1 Å². The molecule has 27 heavy (non-hydrogen) atoms. The Balaban J connectivity index is 0.00000676. The van der Waals surface area contributed by atoms with Crippen molar-refractivity contribution in [1.82, 2.24) is 10.6 Å². The van der Waals surface area contributed by atoms with Gasteiger partial charge in [0.15, 0.2) is 5.96 Å². The van der Waals surface area contributed by atoms with Crippen LogP contribution >= 0.6 is 24.0 Å². The van der Waals surface area contributed by atoms with Gasteiger partial charge in [-0.15, -0.1) is 24.0 Å². The number of ether oxygens (including phenoxy) is 1. The Morgan fingerprint density at radius 2 is 1.89 bits per heavy atom. The summed E-state index contributed by atoms with van der Waals surface area (Å²) >= 11 is 0. The van der Waals surface area contributed by atoms with E-state index < -0.39 is 22.6 Å². The first-order valence-electron chi connectivity index (χ1n) is 8.14. The molecule has 0 heterocycles. The second-order valence-corrected chi connectivity index (χ2v) is 7.85. The minimum absolute atomic E-state index is 0.